The number of carbonyl (C=O) groups excluding carboxylic acids is 1. The molecular formula is C12H18ClN3OS. The summed E-state index contributed by atoms with van der Waals surface area (Å²) in [6.07, 6.45) is 4.21. The summed E-state index contributed by atoms with van der Waals surface area (Å²) in [5.41, 5.74) is 12.3. The van der Waals surface area contributed by atoms with E-state index in [2.05, 4.69) is 11.6 Å². The standard InChI is InChI=1S/C12H18ClN3OS/c1-18-5-3-2-4-16-11-9(12(15)17)6-8(14)7-10(11)13/h6-7,16H,2-5,14H2,1H3,(H2,15,17). The first-order valence-corrected chi connectivity index (χ1v) is 7.45. The van der Waals surface area contributed by atoms with E-state index < -0.39 is 5.91 Å². The third-order valence-electron chi connectivity index (χ3n) is 2.46. The van der Waals surface area contributed by atoms with E-state index in [1.807, 2.05) is 11.8 Å². The summed E-state index contributed by atoms with van der Waals surface area (Å²) in [7, 11) is 0. The molecule has 0 saturated carbocycles. The number of hydrogen-bond donors (Lipinski definition) is 3. The number of unbranched alkanes of at least 4 members (excludes halogenated alkanes) is 1. The molecule has 1 rings (SSSR count). The SMILES string of the molecule is CSCCCCNc1c(Cl)cc(N)cc1C(N)=O. The van der Waals surface area contributed by atoms with Gasteiger partial charge in [-0.15, -0.1) is 0 Å². The monoisotopic (exact) mass is 287 g/mol. The largest absolute Gasteiger partial charge is 0.399 e. The third kappa shape index (κ3) is 4.31. The minimum atomic E-state index is -0.532. The average Bonchev–Trinajstić information content (AvgIpc) is 2.30. The van der Waals surface area contributed by atoms with Crippen molar-refractivity contribution >= 4 is 40.6 Å². The maximum absolute atomic E-state index is 11.3. The van der Waals surface area contributed by atoms with Crippen LogP contribution in [-0.2, 0) is 0 Å². The Balaban J connectivity index is 2.71. The van der Waals surface area contributed by atoms with Crippen molar-refractivity contribution in [2.45, 2.75) is 12.8 Å². The van der Waals surface area contributed by atoms with Gasteiger partial charge in [-0.3, -0.25) is 4.79 Å². The van der Waals surface area contributed by atoms with Crippen LogP contribution in [0.15, 0.2) is 12.1 Å². The molecule has 0 heterocycles. The molecule has 6 heteroatoms. The summed E-state index contributed by atoms with van der Waals surface area (Å²) in [6, 6.07) is 3.15. The van der Waals surface area contributed by atoms with Crippen LogP contribution < -0.4 is 16.8 Å². The lowest BCUT2D eigenvalue weighted by Gasteiger charge is -2.12. The van der Waals surface area contributed by atoms with Gasteiger partial charge < -0.3 is 16.8 Å². The fourth-order valence-electron chi connectivity index (χ4n) is 1.59. The molecular weight excluding hydrogens is 270 g/mol. The van der Waals surface area contributed by atoms with Crippen molar-refractivity contribution in [2.24, 2.45) is 5.73 Å². The summed E-state index contributed by atoms with van der Waals surface area (Å²) < 4.78 is 0. The molecule has 0 aliphatic heterocycles. The van der Waals surface area contributed by atoms with E-state index in [0.717, 1.165) is 25.1 Å². The number of halogens is 1. The zero-order valence-electron chi connectivity index (χ0n) is 10.3. The molecule has 0 aliphatic carbocycles. The van der Waals surface area contributed by atoms with E-state index in [4.69, 9.17) is 23.1 Å². The van der Waals surface area contributed by atoms with Gasteiger partial charge in [0.2, 0.25) is 0 Å². The van der Waals surface area contributed by atoms with Gasteiger partial charge in [-0.05, 0) is 37.0 Å². The Kier molecular flexibility index (Phi) is 6.15. The second-order valence-corrected chi connectivity index (χ2v) is 5.31. The lowest BCUT2D eigenvalue weighted by atomic mass is 10.1. The fourth-order valence-corrected chi connectivity index (χ4v) is 2.37. The normalized spacial score (nSPS) is 10.3. The van der Waals surface area contributed by atoms with Crippen molar-refractivity contribution in [3.63, 3.8) is 0 Å². The van der Waals surface area contributed by atoms with Crippen LogP contribution in [0.3, 0.4) is 0 Å². The highest BCUT2D eigenvalue weighted by molar-refractivity contribution is 7.98. The van der Waals surface area contributed by atoms with Crippen molar-refractivity contribution in [3.05, 3.63) is 22.7 Å². The van der Waals surface area contributed by atoms with E-state index >= 15 is 0 Å². The predicted octanol–water partition coefficient (Wildman–Crippen LogP) is 2.58. The van der Waals surface area contributed by atoms with Crippen LogP contribution in [0.25, 0.3) is 0 Å². The minimum Gasteiger partial charge on any atom is -0.399 e. The highest BCUT2D eigenvalue weighted by Crippen LogP contribution is 2.29. The second kappa shape index (κ2) is 7.38. The zero-order valence-corrected chi connectivity index (χ0v) is 11.9. The number of anilines is 2. The summed E-state index contributed by atoms with van der Waals surface area (Å²) in [6.45, 7) is 0.754. The Bertz CT molecular complexity index is 426. The molecule has 18 heavy (non-hydrogen) atoms. The van der Waals surface area contributed by atoms with Gasteiger partial charge in [0.15, 0.2) is 0 Å². The van der Waals surface area contributed by atoms with Crippen molar-refractivity contribution in [3.8, 4) is 0 Å². The maximum Gasteiger partial charge on any atom is 0.250 e. The van der Waals surface area contributed by atoms with E-state index in [-0.39, 0.29) is 0 Å². The van der Waals surface area contributed by atoms with Gasteiger partial charge in [0.25, 0.3) is 5.91 Å². The molecule has 0 bridgehead atoms. The molecule has 100 valence electrons. The number of rotatable bonds is 7. The fraction of sp³-hybridized carbons (Fsp3) is 0.417. The molecule has 1 amide bonds. The van der Waals surface area contributed by atoms with Gasteiger partial charge in [-0.1, -0.05) is 11.6 Å². The van der Waals surface area contributed by atoms with Crippen LogP contribution in [0, 0.1) is 0 Å². The number of thioether (sulfide) groups is 1. The van der Waals surface area contributed by atoms with Crippen LogP contribution in [0.4, 0.5) is 11.4 Å². The van der Waals surface area contributed by atoms with Crippen molar-refractivity contribution in [1.82, 2.24) is 0 Å². The minimum absolute atomic E-state index is 0.338. The number of carbonyl (C=O) groups is 1. The topological polar surface area (TPSA) is 81.1 Å². The summed E-state index contributed by atoms with van der Waals surface area (Å²) in [5, 5.41) is 3.58. The Labute approximate surface area is 116 Å². The lowest BCUT2D eigenvalue weighted by Crippen LogP contribution is -2.16. The molecule has 1 aromatic rings. The van der Waals surface area contributed by atoms with E-state index in [1.54, 1.807) is 12.1 Å². The number of hydrogen-bond acceptors (Lipinski definition) is 4. The average molecular weight is 288 g/mol. The molecule has 0 aliphatic rings. The Morgan fingerprint density at radius 1 is 1.44 bits per heavy atom. The molecule has 0 fully saturated rings. The highest BCUT2D eigenvalue weighted by atomic mass is 35.5. The van der Waals surface area contributed by atoms with Crippen LogP contribution in [-0.4, -0.2) is 24.5 Å². The quantitative estimate of drug-likeness (QED) is 0.532. The van der Waals surface area contributed by atoms with Gasteiger partial charge in [-0.2, -0.15) is 11.8 Å². The first kappa shape index (κ1) is 15.0. The van der Waals surface area contributed by atoms with Crippen LogP contribution in [0.5, 0.6) is 0 Å². The molecule has 5 N–H and O–H groups in total. The maximum atomic E-state index is 11.3. The van der Waals surface area contributed by atoms with Gasteiger partial charge >= 0.3 is 0 Å². The van der Waals surface area contributed by atoms with E-state index in [1.165, 1.54) is 0 Å². The van der Waals surface area contributed by atoms with Crippen molar-refractivity contribution in [1.29, 1.82) is 0 Å². The summed E-state index contributed by atoms with van der Waals surface area (Å²) >= 11 is 7.88. The Hall–Kier alpha value is -1.07. The predicted molar refractivity (Wildman–Crippen MR) is 80.5 cm³/mol. The number of nitrogen functional groups attached to an aromatic ring is 1. The number of nitrogens with one attached hydrogen (secondary N) is 1. The number of benzene rings is 1. The molecule has 1 aromatic carbocycles. The first-order chi connectivity index (χ1) is 8.56. The van der Waals surface area contributed by atoms with Gasteiger partial charge in [0, 0.05) is 12.2 Å². The summed E-state index contributed by atoms with van der Waals surface area (Å²) in [5.74, 6) is 0.593. The number of primary amides is 1. The van der Waals surface area contributed by atoms with Gasteiger partial charge in [-0.25, -0.2) is 0 Å². The van der Waals surface area contributed by atoms with Crippen LogP contribution in [0.2, 0.25) is 5.02 Å². The highest BCUT2D eigenvalue weighted by Gasteiger charge is 2.12. The molecule has 0 radical (unpaired) electrons. The molecule has 0 aromatic heterocycles. The van der Waals surface area contributed by atoms with Crippen molar-refractivity contribution in [2.75, 3.05) is 29.6 Å². The van der Waals surface area contributed by atoms with Crippen molar-refractivity contribution < 1.29 is 4.79 Å². The Morgan fingerprint density at radius 2 is 2.17 bits per heavy atom. The van der Waals surface area contributed by atoms with Crippen LogP contribution in [0.1, 0.15) is 23.2 Å². The van der Waals surface area contributed by atoms with Gasteiger partial charge in [0.1, 0.15) is 0 Å². The lowest BCUT2D eigenvalue weighted by molar-refractivity contribution is 0.100. The molecule has 0 saturated heterocycles. The third-order valence-corrected chi connectivity index (χ3v) is 3.45. The Morgan fingerprint density at radius 3 is 2.78 bits per heavy atom. The molecule has 0 spiro atoms. The molecule has 4 nitrogen and oxygen atoms in total. The number of nitrogens with two attached hydrogens (primary N) is 2. The first-order valence-electron chi connectivity index (χ1n) is 5.68. The smallest absolute Gasteiger partial charge is 0.250 e. The molecule has 0 unspecified atom stereocenters. The number of amides is 1. The second-order valence-electron chi connectivity index (χ2n) is 3.92. The van der Waals surface area contributed by atoms with Crippen LogP contribution >= 0.6 is 23.4 Å². The van der Waals surface area contributed by atoms with Gasteiger partial charge in [0.05, 0.1) is 16.3 Å². The zero-order chi connectivity index (χ0) is 13.5. The summed E-state index contributed by atoms with van der Waals surface area (Å²) in [4.78, 5) is 11.3. The molecule has 0 atom stereocenters. The van der Waals surface area contributed by atoms with E-state index in [0.29, 0.717) is 22.0 Å². The van der Waals surface area contributed by atoms with E-state index in [9.17, 15) is 4.79 Å².